The summed E-state index contributed by atoms with van der Waals surface area (Å²) < 4.78 is 48.9. The van der Waals surface area contributed by atoms with Gasteiger partial charge >= 0.3 is 6.18 Å². The van der Waals surface area contributed by atoms with Gasteiger partial charge in [-0.15, -0.1) is 11.8 Å². The zero-order chi connectivity index (χ0) is 19.6. The molecule has 1 unspecified atom stereocenters. The molecule has 0 radical (unpaired) electrons. The third-order valence-electron chi connectivity index (χ3n) is 4.32. The number of rotatable bonds is 5. The van der Waals surface area contributed by atoms with E-state index in [1.807, 2.05) is 0 Å². The zero-order valence-electron chi connectivity index (χ0n) is 14.7. The molecule has 2 aromatic carbocycles. The average Bonchev–Trinajstić information content (AvgIpc) is 3.01. The number of methoxy groups -OCH3 is 2. The molecule has 0 bridgehead atoms. The average molecular weight is 397 g/mol. The number of nitrogens with zero attached hydrogens (tertiary/aromatic N) is 1. The lowest BCUT2D eigenvalue weighted by Gasteiger charge is -2.25. The molecule has 1 aliphatic heterocycles. The molecule has 1 aliphatic rings. The van der Waals surface area contributed by atoms with E-state index in [1.54, 1.807) is 37.3 Å². The monoisotopic (exact) mass is 397 g/mol. The fourth-order valence-corrected chi connectivity index (χ4v) is 4.11. The molecule has 0 aliphatic carbocycles. The van der Waals surface area contributed by atoms with Crippen LogP contribution in [0.1, 0.15) is 22.1 Å². The van der Waals surface area contributed by atoms with Gasteiger partial charge in [-0.1, -0.05) is 12.1 Å². The first-order valence-electron chi connectivity index (χ1n) is 8.12. The van der Waals surface area contributed by atoms with Crippen LogP contribution in [0.25, 0.3) is 0 Å². The van der Waals surface area contributed by atoms with Gasteiger partial charge in [-0.05, 0) is 35.9 Å². The second-order valence-electron chi connectivity index (χ2n) is 5.98. The predicted molar refractivity (Wildman–Crippen MR) is 96.7 cm³/mol. The molecule has 8 heteroatoms. The molecule has 1 fully saturated rings. The first-order valence-corrected chi connectivity index (χ1v) is 9.17. The van der Waals surface area contributed by atoms with Crippen molar-refractivity contribution in [1.82, 2.24) is 4.90 Å². The number of benzene rings is 2. The summed E-state index contributed by atoms with van der Waals surface area (Å²) in [6.45, 7) is 0.276. The van der Waals surface area contributed by atoms with Crippen molar-refractivity contribution >= 4 is 17.7 Å². The highest BCUT2D eigenvalue weighted by Crippen LogP contribution is 2.41. The second-order valence-corrected chi connectivity index (χ2v) is 7.05. The van der Waals surface area contributed by atoms with Crippen molar-refractivity contribution in [3.63, 3.8) is 0 Å². The molecule has 1 saturated heterocycles. The molecule has 1 heterocycles. The van der Waals surface area contributed by atoms with E-state index in [1.165, 1.54) is 23.9 Å². The van der Waals surface area contributed by atoms with Crippen LogP contribution in [0, 0.1) is 0 Å². The maximum atomic E-state index is 12.8. The molecule has 1 amide bonds. The van der Waals surface area contributed by atoms with Crippen molar-refractivity contribution < 1.29 is 27.4 Å². The van der Waals surface area contributed by atoms with Gasteiger partial charge in [0.15, 0.2) is 0 Å². The number of halogens is 3. The molecular formula is C19H18F3NO3S. The Labute approximate surface area is 159 Å². The quantitative estimate of drug-likeness (QED) is 0.745. The van der Waals surface area contributed by atoms with E-state index < -0.39 is 11.7 Å². The number of alkyl halides is 3. The first kappa shape index (κ1) is 19.4. The van der Waals surface area contributed by atoms with Gasteiger partial charge in [-0.2, -0.15) is 13.2 Å². The highest BCUT2D eigenvalue weighted by Gasteiger charge is 2.35. The van der Waals surface area contributed by atoms with Crippen molar-refractivity contribution in [3.05, 3.63) is 59.2 Å². The van der Waals surface area contributed by atoms with Crippen LogP contribution < -0.4 is 9.47 Å². The molecule has 4 nitrogen and oxygen atoms in total. The van der Waals surface area contributed by atoms with Crippen molar-refractivity contribution in [2.75, 3.05) is 20.0 Å². The Morgan fingerprint density at radius 3 is 2.41 bits per heavy atom. The minimum absolute atomic E-state index is 0.0743. The smallest absolute Gasteiger partial charge is 0.416 e. The minimum Gasteiger partial charge on any atom is -0.497 e. The van der Waals surface area contributed by atoms with E-state index >= 15 is 0 Å². The molecule has 144 valence electrons. The number of amides is 1. The topological polar surface area (TPSA) is 38.8 Å². The van der Waals surface area contributed by atoms with E-state index in [0.29, 0.717) is 17.1 Å². The lowest BCUT2D eigenvalue weighted by atomic mass is 10.1. The fraction of sp³-hybridized carbons (Fsp3) is 0.316. The maximum Gasteiger partial charge on any atom is 0.416 e. The Balaban J connectivity index is 1.87. The van der Waals surface area contributed by atoms with Crippen LogP contribution in [0.15, 0.2) is 42.5 Å². The second kappa shape index (κ2) is 7.72. The normalized spacial score (nSPS) is 17.3. The molecule has 27 heavy (non-hydrogen) atoms. The summed E-state index contributed by atoms with van der Waals surface area (Å²) in [5.74, 6) is 1.45. The van der Waals surface area contributed by atoms with E-state index in [-0.39, 0.29) is 23.6 Å². The van der Waals surface area contributed by atoms with Gasteiger partial charge in [0.05, 0.1) is 32.1 Å². The van der Waals surface area contributed by atoms with E-state index in [0.717, 1.165) is 17.7 Å². The van der Waals surface area contributed by atoms with Gasteiger partial charge in [0, 0.05) is 5.56 Å². The van der Waals surface area contributed by atoms with Crippen LogP contribution in [0.2, 0.25) is 0 Å². The van der Waals surface area contributed by atoms with E-state index in [9.17, 15) is 18.0 Å². The van der Waals surface area contributed by atoms with Crippen LogP contribution in [0.5, 0.6) is 11.5 Å². The van der Waals surface area contributed by atoms with Crippen molar-refractivity contribution in [2.45, 2.75) is 18.1 Å². The summed E-state index contributed by atoms with van der Waals surface area (Å²) in [4.78, 5) is 14.0. The minimum atomic E-state index is -4.38. The Morgan fingerprint density at radius 2 is 1.81 bits per heavy atom. The largest absolute Gasteiger partial charge is 0.497 e. The summed E-state index contributed by atoms with van der Waals surface area (Å²) in [6.07, 6.45) is -4.38. The van der Waals surface area contributed by atoms with Crippen LogP contribution in [-0.2, 0) is 17.5 Å². The summed E-state index contributed by atoms with van der Waals surface area (Å²) in [5.41, 5.74) is 0.715. The number of thioether (sulfide) groups is 1. The van der Waals surface area contributed by atoms with Gasteiger partial charge in [0.1, 0.15) is 16.9 Å². The first-order chi connectivity index (χ1) is 12.8. The molecule has 1 atom stereocenters. The number of hydrogen-bond donors (Lipinski definition) is 0. The van der Waals surface area contributed by atoms with Crippen molar-refractivity contribution in [3.8, 4) is 11.5 Å². The van der Waals surface area contributed by atoms with Gasteiger partial charge in [0.25, 0.3) is 0 Å². The number of hydrogen-bond acceptors (Lipinski definition) is 4. The van der Waals surface area contributed by atoms with E-state index in [2.05, 4.69) is 0 Å². The van der Waals surface area contributed by atoms with Gasteiger partial charge in [-0.3, -0.25) is 4.79 Å². The Kier molecular flexibility index (Phi) is 5.55. The summed E-state index contributed by atoms with van der Waals surface area (Å²) in [5, 5.41) is -0.351. The zero-order valence-corrected chi connectivity index (χ0v) is 15.6. The van der Waals surface area contributed by atoms with E-state index in [4.69, 9.17) is 9.47 Å². The van der Waals surface area contributed by atoms with Crippen LogP contribution in [-0.4, -0.2) is 30.8 Å². The van der Waals surface area contributed by atoms with Gasteiger partial charge in [-0.25, -0.2) is 0 Å². The summed E-state index contributed by atoms with van der Waals surface area (Å²) in [6, 6.07) is 10.2. The Bertz CT molecular complexity index is 824. The Morgan fingerprint density at radius 1 is 1.11 bits per heavy atom. The summed E-state index contributed by atoms with van der Waals surface area (Å²) >= 11 is 1.39. The molecule has 0 N–H and O–H groups in total. The van der Waals surface area contributed by atoms with Crippen LogP contribution in [0.4, 0.5) is 13.2 Å². The third kappa shape index (κ3) is 4.16. The summed E-state index contributed by atoms with van der Waals surface area (Å²) in [7, 11) is 3.09. The number of carbonyl (C=O) groups is 1. The highest BCUT2D eigenvalue weighted by molar-refractivity contribution is 8.00. The number of ether oxygens (including phenoxy) is 2. The lowest BCUT2D eigenvalue weighted by Crippen LogP contribution is -2.28. The molecule has 3 rings (SSSR count). The molecule has 2 aromatic rings. The molecular weight excluding hydrogens is 379 g/mol. The van der Waals surface area contributed by atoms with Gasteiger partial charge < -0.3 is 14.4 Å². The SMILES string of the molecule is COc1ccc(OC)c(CN2C(=O)CSC2c2ccc(C(F)(F)F)cc2)c1. The van der Waals surface area contributed by atoms with Crippen molar-refractivity contribution in [1.29, 1.82) is 0 Å². The van der Waals surface area contributed by atoms with Crippen LogP contribution >= 0.6 is 11.8 Å². The number of carbonyl (C=O) groups excluding carboxylic acids is 1. The lowest BCUT2D eigenvalue weighted by molar-refractivity contribution is -0.137. The fourth-order valence-electron chi connectivity index (χ4n) is 2.93. The third-order valence-corrected chi connectivity index (χ3v) is 5.58. The molecule has 0 aromatic heterocycles. The van der Waals surface area contributed by atoms with Crippen molar-refractivity contribution in [2.24, 2.45) is 0 Å². The van der Waals surface area contributed by atoms with Gasteiger partial charge in [0.2, 0.25) is 5.91 Å². The highest BCUT2D eigenvalue weighted by atomic mass is 32.2. The Hall–Kier alpha value is -2.35. The molecule has 0 spiro atoms. The van der Waals surface area contributed by atoms with Crippen LogP contribution in [0.3, 0.4) is 0 Å². The molecule has 0 saturated carbocycles. The maximum absolute atomic E-state index is 12.8. The predicted octanol–water partition coefficient (Wildman–Crippen LogP) is 4.50. The standard InChI is InChI=1S/C19H18F3NO3S/c1-25-15-7-8-16(26-2)13(9-15)10-23-17(24)11-27-18(23)12-3-5-14(6-4-12)19(20,21)22/h3-9,18H,10-11H2,1-2H3.